The number of hydrogen-bond donors (Lipinski definition) is 1. The van der Waals surface area contributed by atoms with Crippen LogP contribution in [-0.2, 0) is 20.0 Å². The maximum absolute atomic E-state index is 11.6. The third kappa shape index (κ3) is 2.89. The molecule has 1 fully saturated rings. The second kappa shape index (κ2) is 5.82. The van der Waals surface area contributed by atoms with Gasteiger partial charge in [0.2, 0.25) is 20.0 Å². The summed E-state index contributed by atoms with van der Waals surface area (Å²) < 4.78 is 46.5. The number of rotatable bonds is 2. The quantitative estimate of drug-likeness (QED) is 0.821. The van der Waals surface area contributed by atoms with Crippen molar-refractivity contribution in [3.63, 3.8) is 0 Å². The molecule has 0 amide bonds. The number of hydrogen-bond acceptors (Lipinski definition) is 4. The normalized spacial score (nSPS) is 22.5. The summed E-state index contributed by atoms with van der Waals surface area (Å²) in [6.07, 6.45) is 1.46. The van der Waals surface area contributed by atoms with Gasteiger partial charge in [-0.1, -0.05) is 49.1 Å². The Labute approximate surface area is 141 Å². The van der Waals surface area contributed by atoms with Gasteiger partial charge >= 0.3 is 0 Å². The first kappa shape index (κ1) is 16.8. The van der Waals surface area contributed by atoms with Gasteiger partial charge in [0.1, 0.15) is 0 Å². The van der Waals surface area contributed by atoms with Crippen LogP contribution in [0.1, 0.15) is 17.2 Å². The van der Waals surface area contributed by atoms with E-state index >= 15 is 0 Å². The van der Waals surface area contributed by atoms with Crippen molar-refractivity contribution in [3.8, 4) is 0 Å². The van der Waals surface area contributed by atoms with Gasteiger partial charge in [-0.15, -0.1) is 0 Å². The van der Waals surface area contributed by atoms with Gasteiger partial charge in [-0.05, 0) is 23.3 Å². The van der Waals surface area contributed by atoms with E-state index in [4.69, 9.17) is 5.14 Å². The zero-order chi connectivity index (χ0) is 17.5. The van der Waals surface area contributed by atoms with Crippen LogP contribution in [0.2, 0.25) is 0 Å². The fourth-order valence-corrected chi connectivity index (χ4v) is 5.21. The summed E-state index contributed by atoms with van der Waals surface area (Å²) in [4.78, 5) is 0.612. The summed E-state index contributed by atoms with van der Waals surface area (Å²) in [5, 5.41) is 4.96. The lowest BCUT2D eigenvalue weighted by Crippen LogP contribution is -2.13. The Morgan fingerprint density at radius 3 is 2.33 bits per heavy atom. The average molecular weight is 364 g/mol. The van der Waals surface area contributed by atoms with E-state index in [2.05, 4.69) is 6.58 Å². The van der Waals surface area contributed by atoms with Crippen molar-refractivity contribution in [3.05, 3.63) is 66.2 Å². The highest BCUT2D eigenvalue weighted by Gasteiger charge is 2.53. The predicted octanol–water partition coefficient (Wildman–Crippen LogP) is 1.72. The van der Waals surface area contributed by atoms with Gasteiger partial charge in [0.25, 0.3) is 0 Å². The second-order valence-electron chi connectivity index (χ2n) is 5.42. The molecule has 0 saturated carbocycles. The highest BCUT2D eigenvalue weighted by Crippen LogP contribution is 2.49. The molecule has 2 unspecified atom stereocenters. The molecular formula is C16H16N2O4S2. The standard InChI is InChI=1S/C8H7NO2S.C8H9NO2S/c10-12(11)8-4-2-1-3-6(8)7-5-9(7)12;1-2-7-5-3-4-6-8(7)12(9,10)11/h1-4,7H,5H2;2-6H,1H2,(H2,9,10,11). The molecule has 2 heterocycles. The van der Waals surface area contributed by atoms with Crippen molar-refractivity contribution >= 4 is 26.1 Å². The molecular weight excluding hydrogens is 348 g/mol. The second-order valence-corrected chi connectivity index (χ2v) is 8.80. The molecule has 126 valence electrons. The fraction of sp³-hybridized carbons (Fsp3) is 0.125. The average Bonchev–Trinajstić information content (AvgIpc) is 3.32. The molecule has 2 aromatic rings. The summed E-state index contributed by atoms with van der Waals surface area (Å²) in [5.74, 6) is 0. The molecule has 2 aliphatic rings. The number of fused-ring (bicyclic) bond motifs is 3. The van der Waals surface area contributed by atoms with Crippen LogP contribution >= 0.6 is 0 Å². The highest BCUT2D eigenvalue weighted by molar-refractivity contribution is 7.89. The molecule has 8 heteroatoms. The van der Waals surface area contributed by atoms with Crippen molar-refractivity contribution in [2.24, 2.45) is 5.14 Å². The van der Waals surface area contributed by atoms with E-state index in [1.54, 1.807) is 30.3 Å². The molecule has 24 heavy (non-hydrogen) atoms. The number of nitrogens with two attached hydrogens (primary N) is 1. The molecule has 1 saturated heterocycles. The van der Waals surface area contributed by atoms with Crippen molar-refractivity contribution in [2.75, 3.05) is 6.54 Å². The molecule has 2 aliphatic heterocycles. The molecule has 2 N–H and O–H groups in total. The topological polar surface area (TPSA) is 97.3 Å². The van der Waals surface area contributed by atoms with Gasteiger partial charge in [0.05, 0.1) is 15.8 Å². The number of nitrogens with zero attached hydrogens (tertiary/aromatic N) is 1. The van der Waals surface area contributed by atoms with Gasteiger partial charge in [-0.25, -0.2) is 22.0 Å². The Morgan fingerprint density at radius 2 is 1.75 bits per heavy atom. The summed E-state index contributed by atoms with van der Waals surface area (Å²) in [6, 6.07) is 13.8. The van der Waals surface area contributed by atoms with Crippen LogP contribution in [-0.4, -0.2) is 27.7 Å². The Morgan fingerprint density at radius 1 is 1.12 bits per heavy atom. The number of sulfonamides is 2. The lowest BCUT2D eigenvalue weighted by Gasteiger charge is -2.01. The Hall–Kier alpha value is -2.00. The van der Waals surface area contributed by atoms with E-state index in [0.29, 0.717) is 17.0 Å². The molecule has 6 nitrogen and oxygen atoms in total. The molecule has 0 aromatic heterocycles. The van der Waals surface area contributed by atoms with Crippen LogP contribution in [0.5, 0.6) is 0 Å². The minimum atomic E-state index is -3.62. The van der Waals surface area contributed by atoms with Gasteiger partial charge in [-0.3, -0.25) is 0 Å². The maximum atomic E-state index is 11.6. The summed E-state index contributed by atoms with van der Waals surface area (Å²) in [7, 11) is -6.69. The molecule has 0 spiro atoms. The Kier molecular flexibility index (Phi) is 4.08. The third-order valence-electron chi connectivity index (χ3n) is 3.88. The first-order valence-corrected chi connectivity index (χ1v) is 10.1. The smallest absolute Gasteiger partial charge is 0.225 e. The van der Waals surface area contributed by atoms with Crippen molar-refractivity contribution < 1.29 is 16.8 Å². The third-order valence-corrected chi connectivity index (χ3v) is 6.81. The number of primary sulfonamides is 1. The predicted molar refractivity (Wildman–Crippen MR) is 91.0 cm³/mol. The van der Waals surface area contributed by atoms with Crippen molar-refractivity contribution in [1.82, 2.24) is 4.31 Å². The van der Waals surface area contributed by atoms with Gasteiger partial charge in [0, 0.05) is 6.54 Å². The van der Waals surface area contributed by atoms with Gasteiger partial charge in [0.15, 0.2) is 0 Å². The maximum Gasteiger partial charge on any atom is 0.244 e. The molecule has 2 atom stereocenters. The zero-order valence-electron chi connectivity index (χ0n) is 12.7. The lowest BCUT2D eigenvalue weighted by atomic mass is 10.2. The van der Waals surface area contributed by atoms with Crippen LogP contribution in [0.4, 0.5) is 0 Å². The highest BCUT2D eigenvalue weighted by atomic mass is 32.2. The van der Waals surface area contributed by atoms with E-state index in [1.807, 2.05) is 12.1 Å². The minimum Gasteiger partial charge on any atom is -0.225 e. The van der Waals surface area contributed by atoms with Crippen LogP contribution in [0, 0.1) is 0 Å². The van der Waals surface area contributed by atoms with E-state index in [-0.39, 0.29) is 10.9 Å². The van der Waals surface area contributed by atoms with Crippen LogP contribution < -0.4 is 5.14 Å². The number of benzene rings is 2. The van der Waals surface area contributed by atoms with Crippen LogP contribution in [0.3, 0.4) is 0 Å². The van der Waals surface area contributed by atoms with E-state index in [9.17, 15) is 16.8 Å². The summed E-state index contributed by atoms with van der Waals surface area (Å²) in [6.45, 7) is 4.16. The Bertz CT molecular complexity index is 1010. The van der Waals surface area contributed by atoms with Crippen molar-refractivity contribution in [2.45, 2.75) is 15.8 Å². The van der Waals surface area contributed by atoms with Crippen molar-refractivity contribution in [1.29, 1.82) is 0 Å². The summed E-state index contributed by atoms with van der Waals surface area (Å²) in [5.41, 5.74) is 1.50. The Balaban J connectivity index is 0.000000141. The van der Waals surface area contributed by atoms with E-state index in [1.165, 1.54) is 16.4 Å². The van der Waals surface area contributed by atoms with Crippen LogP contribution in [0.15, 0.2) is 64.9 Å². The van der Waals surface area contributed by atoms with Gasteiger partial charge < -0.3 is 0 Å². The lowest BCUT2D eigenvalue weighted by molar-refractivity contribution is 0.564. The molecule has 2 aromatic carbocycles. The summed E-state index contributed by atoms with van der Waals surface area (Å²) >= 11 is 0. The minimum absolute atomic E-state index is 0.111. The van der Waals surface area contributed by atoms with E-state index in [0.717, 1.165) is 5.56 Å². The van der Waals surface area contributed by atoms with Gasteiger partial charge in [-0.2, -0.15) is 4.31 Å². The van der Waals surface area contributed by atoms with E-state index < -0.39 is 20.0 Å². The first-order valence-electron chi connectivity index (χ1n) is 7.12. The molecule has 0 bridgehead atoms. The zero-order valence-corrected chi connectivity index (χ0v) is 14.3. The SMILES string of the molecule is C=Cc1ccccc1S(N)(=O)=O.O=S1(=O)c2ccccc2C2CN21. The molecule has 0 aliphatic carbocycles. The first-order chi connectivity index (χ1) is 11.3. The van der Waals surface area contributed by atoms with Crippen LogP contribution in [0.25, 0.3) is 6.08 Å². The fourth-order valence-electron chi connectivity index (χ4n) is 2.67. The largest absolute Gasteiger partial charge is 0.244 e. The molecule has 4 rings (SSSR count). The monoisotopic (exact) mass is 364 g/mol. The molecule has 0 radical (unpaired) electrons.